The van der Waals surface area contributed by atoms with Gasteiger partial charge >= 0.3 is 0 Å². The van der Waals surface area contributed by atoms with E-state index >= 15 is 0 Å². The summed E-state index contributed by atoms with van der Waals surface area (Å²) in [5.41, 5.74) is 3.87. The van der Waals surface area contributed by atoms with Crippen LogP contribution < -0.4 is 5.32 Å². The minimum atomic E-state index is -0.524. The number of likely N-dealkylation sites (tertiary alicyclic amines) is 1. The lowest BCUT2D eigenvalue weighted by atomic mass is 10.0. The monoisotopic (exact) mass is 404 g/mol. The number of benzene rings is 1. The van der Waals surface area contributed by atoms with Crippen molar-refractivity contribution in [2.75, 3.05) is 11.9 Å². The molecule has 8 heteroatoms. The molecule has 3 heterocycles. The van der Waals surface area contributed by atoms with Crippen LogP contribution in [0, 0.1) is 13.8 Å². The molecule has 0 unspecified atom stereocenters. The normalized spacial score (nSPS) is 16.3. The van der Waals surface area contributed by atoms with E-state index in [1.54, 1.807) is 4.90 Å². The molecule has 1 aliphatic heterocycles. The molecule has 8 nitrogen and oxygen atoms in total. The molecule has 3 aromatic rings. The molecule has 30 heavy (non-hydrogen) atoms. The van der Waals surface area contributed by atoms with E-state index < -0.39 is 6.04 Å². The van der Waals surface area contributed by atoms with E-state index in [9.17, 15) is 9.59 Å². The molecule has 0 spiro atoms. The lowest BCUT2D eigenvalue weighted by Crippen LogP contribution is -2.50. The molecule has 1 aliphatic rings. The molecule has 2 amide bonds. The van der Waals surface area contributed by atoms with Gasteiger partial charge in [-0.05, 0) is 63.4 Å². The van der Waals surface area contributed by atoms with Crippen molar-refractivity contribution in [3.8, 4) is 5.69 Å². The largest absolute Gasteiger partial charge is 0.325 e. The molecule has 0 aliphatic carbocycles. The third-order valence-electron chi connectivity index (χ3n) is 5.24. The van der Waals surface area contributed by atoms with Crippen molar-refractivity contribution >= 4 is 17.5 Å². The van der Waals surface area contributed by atoms with Crippen LogP contribution in [0.5, 0.6) is 0 Å². The SMILES string of the molecule is Cc1cc(C)n(-c2ccc(NC(=O)[C@@H]3CCCCN3C(=O)c3cnccn3)cc2)n1. The Balaban J connectivity index is 1.48. The van der Waals surface area contributed by atoms with Gasteiger partial charge in [0.2, 0.25) is 5.91 Å². The van der Waals surface area contributed by atoms with Crippen LogP contribution in [0.3, 0.4) is 0 Å². The van der Waals surface area contributed by atoms with E-state index in [-0.39, 0.29) is 17.5 Å². The summed E-state index contributed by atoms with van der Waals surface area (Å²) in [5, 5.41) is 7.42. The maximum Gasteiger partial charge on any atom is 0.274 e. The lowest BCUT2D eigenvalue weighted by Gasteiger charge is -2.34. The molecule has 1 aromatic carbocycles. The standard InChI is InChI=1S/C22H24N6O2/c1-15-13-16(2)28(26-15)18-8-6-17(7-9-18)25-21(29)20-5-3-4-12-27(20)22(30)19-14-23-10-11-24-19/h6-11,13-14,20H,3-5,12H2,1-2H3,(H,25,29)/t20-/m0/s1. The molecular formula is C22H24N6O2. The molecule has 154 valence electrons. The number of rotatable bonds is 4. The summed E-state index contributed by atoms with van der Waals surface area (Å²) in [6.45, 7) is 4.49. The zero-order valence-corrected chi connectivity index (χ0v) is 17.1. The molecule has 0 bridgehead atoms. The van der Waals surface area contributed by atoms with Crippen molar-refractivity contribution in [1.29, 1.82) is 0 Å². The Kier molecular flexibility index (Phi) is 5.56. The third-order valence-corrected chi connectivity index (χ3v) is 5.24. The van der Waals surface area contributed by atoms with Crippen LogP contribution in [0.15, 0.2) is 48.9 Å². The Bertz CT molecular complexity index is 1050. The van der Waals surface area contributed by atoms with Gasteiger partial charge in [0.1, 0.15) is 11.7 Å². The van der Waals surface area contributed by atoms with Crippen LogP contribution in [-0.2, 0) is 4.79 Å². The van der Waals surface area contributed by atoms with Gasteiger partial charge in [-0.15, -0.1) is 0 Å². The van der Waals surface area contributed by atoms with Gasteiger partial charge in [-0.2, -0.15) is 5.10 Å². The van der Waals surface area contributed by atoms with Gasteiger partial charge in [-0.25, -0.2) is 9.67 Å². The van der Waals surface area contributed by atoms with Crippen LogP contribution in [0.1, 0.15) is 41.1 Å². The Labute approximate surface area is 175 Å². The van der Waals surface area contributed by atoms with Crippen LogP contribution in [0.25, 0.3) is 5.69 Å². The number of nitrogens with one attached hydrogen (secondary N) is 1. The summed E-state index contributed by atoms with van der Waals surface area (Å²) in [5.74, 6) is -0.450. The van der Waals surface area contributed by atoms with Gasteiger partial charge in [-0.3, -0.25) is 14.6 Å². The highest BCUT2D eigenvalue weighted by Gasteiger charge is 2.33. The fourth-order valence-corrected chi connectivity index (χ4v) is 3.81. The average molecular weight is 404 g/mol. The van der Waals surface area contributed by atoms with E-state index in [1.165, 1.54) is 18.6 Å². The highest BCUT2D eigenvalue weighted by atomic mass is 16.2. The number of piperidine rings is 1. The first-order valence-corrected chi connectivity index (χ1v) is 10.0. The molecule has 0 radical (unpaired) electrons. The molecule has 2 aromatic heterocycles. The zero-order chi connectivity index (χ0) is 21.1. The molecular weight excluding hydrogens is 380 g/mol. The maximum absolute atomic E-state index is 13.0. The fraction of sp³-hybridized carbons (Fsp3) is 0.318. The molecule has 0 saturated carbocycles. The minimum absolute atomic E-state index is 0.189. The van der Waals surface area contributed by atoms with Gasteiger partial charge in [0.15, 0.2) is 0 Å². The summed E-state index contributed by atoms with van der Waals surface area (Å²) >= 11 is 0. The number of carbonyl (C=O) groups is 2. The summed E-state index contributed by atoms with van der Waals surface area (Å²) in [4.78, 5) is 35.5. The quantitative estimate of drug-likeness (QED) is 0.722. The first kappa shape index (κ1) is 19.8. The molecule has 1 N–H and O–H groups in total. The number of aryl methyl sites for hydroxylation is 2. The highest BCUT2D eigenvalue weighted by molar-refractivity contribution is 6.00. The van der Waals surface area contributed by atoms with E-state index in [2.05, 4.69) is 20.4 Å². The van der Waals surface area contributed by atoms with Gasteiger partial charge in [-0.1, -0.05) is 0 Å². The number of hydrogen-bond donors (Lipinski definition) is 1. The Morgan fingerprint density at radius 2 is 1.90 bits per heavy atom. The van der Waals surface area contributed by atoms with E-state index in [0.717, 1.165) is 29.9 Å². The first-order valence-electron chi connectivity index (χ1n) is 10.0. The second-order valence-electron chi connectivity index (χ2n) is 7.48. The van der Waals surface area contributed by atoms with Gasteiger partial charge in [0.05, 0.1) is 17.6 Å². The molecule has 1 fully saturated rings. The number of anilines is 1. The predicted molar refractivity (Wildman–Crippen MR) is 112 cm³/mol. The third kappa shape index (κ3) is 4.07. The first-order chi connectivity index (χ1) is 14.5. The fourth-order valence-electron chi connectivity index (χ4n) is 3.81. The second-order valence-corrected chi connectivity index (χ2v) is 7.48. The Morgan fingerprint density at radius 1 is 1.10 bits per heavy atom. The lowest BCUT2D eigenvalue weighted by molar-refractivity contribution is -0.121. The van der Waals surface area contributed by atoms with Crippen LogP contribution >= 0.6 is 0 Å². The van der Waals surface area contributed by atoms with E-state index in [0.29, 0.717) is 18.7 Å². The average Bonchev–Trinajstić information content (AvgIpc) is 3.12. The van der Waals surface area contributed by atoms with Crippen LogP contribution in [0.2, 0.25) is 0 Å². The Hall–Kier alpha value is -3.55. The van der Waals surface area contributed by atoms with E-state index in [1.807, 2.05) is 48.9 Å². The van der Waals surface area contributed by atoms with Crippen molar-refractivity contribution in [2.45, 2.75) is 39.2 Å². The van der Waals surface area contributed by atoms with Crippen LogP contribution in [-0.4, -0.2) is 49.0 Å². The zero-order valence-electron chi connectivity index (χ0n) is 17.1. The van der Waals surface area contributed by atoms with Crippen molar-refractivity contribution in [3.63, 3.8) is 0 Å². The van der Waals surface area contributed by atoms with Gasteiger partial charge in [0.25, 0.3) is 5.91 Å². The van der Waals surface area contributed by atoms with Crippen LogP contribution in [0.4, 0.5) is 5.69 Å². The maximum atomic E-state index is 13.0. The number of nitrogens with zero attached hydrogens (tertiary/aromatic N) is 5. The predicted octanol–water partition coefficient (Wildman–Crippen LogP) is 2.91. The van der Waals surface area contributed by atoms with Crippen molar-refractivity contribution in [1.82, 2.24) is 24.6 Å². The molecule has 4 rings (SSSR count). The Morgan fingerprint density at radius 3 is 2.57 bits per heavy atom. The summed E-state index contributed by atoms with van der Waals surface area (Å²) in [6, 6.07) is 9.02. The molecule has 1 atom stereocenters. The highest BCUT2D eigenvalue weighted by Crippen LogP contribution is 2.22. The van der Waals surface area contributed by atoms with Gasteiger partial charge in [0, 0.05) is 30.3 Å². The minimum Gasteiger partial charge on any atom is -0.325 e. The molecule has 1 saturated heterocycles. The summed E-state index contributed by atoms with van der Waals surface area (Å²) in [7, 11) is 0. The van der Waals surface area contributed by atoms with E-state index in [4.69, 9.17) is 0 Å². The summed E-state index contributed by atoms with van der Waals surface area (Å²) in [6.07, 6.45) is 6.83. The number of hydrogen-bond acceptors (Lipinski definition) is 5. The van der Waals surface area contributed by atoms with Crippen molar-refractivity contribution < 1.29 is 9.59 Å². The number of amides is 2. The topological polar surface area (TPSA) is 93.0 Å². The number of carbonyl (C=O) groups excluding carboxylic acids is 2. The van der Waals surface area contributed by atoms with Crippen molar-refractivity contribution in [2.24, 2.45) is 0 Å². The van der Waals surface area contributed by atoms with Crippen molar-refractivity contribution in [3.05, 3.63) is 66.0 Å². The number of aromatic nitrogens is 4. The summed E-state index contributed by atoms with van der Waals surface area (Å²) < 4.78 is 1.86. The second kappa shape index (κ2) is 8.44. The van der Waals surface area contributed by atoms with Gasteiger partial charge < -0.3 is 10.2 Å². The smallest absolute Gasteiger partial charge is 0.274 e.